The first-order chi connectivity index (χ1) is 7.13. The molecule has 2 amide bonds. The molecule has 4 N–H and O–H groups in total. The minimum absolute atomic E-state index is 0.00918. The van der Waals surface area contributed by atoms with Gasteiger partial charge < -0.3 is 16.4 Å². The smallest absolute Gasteiger partial charge is 0.223 e. The zero-order valence-corrected chi connectivity index (χ0v) is 9.08. The molecular weight excluding hydrogens is 194 g/mol. The number of nitrogens with one attached hydrogen (secondary N) is 2. The molecule has 0 unspecified atom stereocenters. The van der Waals surface area contributed by atoms with Gasteiger partial charge in [0, 0.05) is 32.0 Å². The summed E-state index contributed by atoms with van der Waals surface area (Å²) in [6.45, 7) is 0.567. The summed E-state index contributed by atoms with van der Waals surface area (Å²) in [6, 6.07) is 0.201. The van der Waals surface area contributed by atoms with Crippen molar-refractivity contribution in [3.05, 3.63) is 0 Å². The Balaban J connectivity index is 2.00. The zero-order chi connectivity index (χ0) is 11.3. The molecule has 5 nitrogen and oxygen atoms in total. The molecule has 0 bridgehead atoms. The summed E-state index contributed by atoms with van der Waals surface area (Å²) in [5, 5.41) is 5.35. The summed E-state index contributed by atoms with van der Waals surface area (Å²) in [4.78, 5) is 22.3. The van der Waals surface area contributed by atoms with E-state index >= 15 is 0 Å². The van der Waals surface area contributed by atoms with Gasteiger partial charge in [-0.15, -0.1) is 0 Å². The fraction of sp³-hybridized carbons (Fsp3) is 0.800. The van der Waals surface area contributed by atoms with E-state index in [1.165, 1.54) is 0 Å². The molecule has 1 aliphatic carbocycles. The van der Waals surface area contributed by atoms with Gasteiger partial charge in [-0.05, 0) is 19.3 Å². The predicted octanol–water partition coefficient (Wildman–Crippen LogP) is -0.634. The van der Waals surface area contributed by atoms with Crippen LogP contribution in [-0.4, -0.2) is 31.4 Å². The molecule has 1 rings (SSSR count). The number of hydrogen-bond acceptors (Lipinski definition) is 3. The predicted molar refractivity (Wildman–Crippen MR) is 57.0 cm³/mol. The highest BCUT2D eigenvalue weighted by Crippen LogP contribution is 2.25. The van der Waals surface area contributed by atoms with Crippen molar-refractivity contribution >= 4 is 11.8 Å². The fourth-order valence-electron chi connectivity index (χ4n) is 1.61. The quantitative estimate of drug-likeness (QED) is 0.531. The largest absolute Gasteiger partial charge is 0.359 e. The minimum atomic E-state index is 0.00918. The highest BCUT2D eigenvalue weighted by Gasteiger charge is 2.31. The molecule has 86 valence electrons. The molecule has 0 saturated heterocycles. The fourth-order valence-corrected chi connectivity index (χ4v) is 1.61. The van der Waals surface area contributed by atoms with Crippen LogP contribution in [0.25, 0.3) is 0 Å². The van der Waals surface area contributed by atoms with Crippen LogP contribution in [0.2, 0.25) is 0 Å². The van der Waals surface area contributed by atoms with E-state index in [2.05, 4.69) is 10.6 Å². The third-order valence-corrected chi connectivity index (χ3v) is 2.70. The third kappa shape index (κ3) is 3.87. The van der Waals surface area contributed by atoms with Gasteiger partial charge in [0.2, 0.25) is 11.8 Å². The average molecular weight is 213 g/mol. The van der Waals surface area contributed by atoms with Gasteiger partial charge in [0.15, 0.2) is 0 Å². The Kier molecular flexibility index (Phi) is 4.55. The van der Waals surface area contributed by atoms with Crippen LogP contribution >= 0.6 is 0 Å². The molecule has 15 heavy (non-hydrogen) atoms. The zero-order valence-electron chi connectivity index (χ0n) is 9.08. The molecule has 1 aliphatic rings. The lowest BCUT2D eigenvalue weighted by atomic mass is 9.80. The molecule has 5 heteroatoms. The molecule has 0 aliphatic heterocycles. The molecule has 0 heterocycles. The molecule has 0 aromatic heterocycles. The molecular formula is C10H19N3O2. The van der Waals surface area contributed by atoms with Crippen molar-refractivity contribution in [1.29, 1.82) is 0 Å². The summed E-state index contributed by atoms with van der Waals surface area (Å²) in [5.41, 5.74) is 5.59. The van der Waals surface area contributed by atoms with E-state index in [9.17, 15) is 9.59 Å². The number of hydrogen-bond donors (Lipinski definition) is 3. The van der Waals surface area contributed by atoms with Gasteiger partial charge in [-0.3, -0.25) is 9.59 Å². The first-order valence-corrected chi connectivity index (χ1v) is 5.37. The van der Waals surface area contributed by atoms with E-state index in [0.717, 1.165) is 12.8 Å². The molecule has 0 spiro atoms. The van der Waals surface area contributed by atoms with Crippen molar-refractivity contribution in [2.24, 2.45) is 11.7 Å². The van der Waals surface area contributed by atoms with Gasteiger partial charge in [0.1, 0.15) is 0 Å². The van der Waals surface area contributed by atoms with Crippen LogP contribution in [0.15, 0.2) is 0 Å². The second-order valence-corrected chi connectivity index (χ2v) is 4.00. The minimum Gasteiger partial charge on any atom is -0.359 e. The molecule has 1 saturated carbocycles. The molecule has 0 aromatic rings. The standard InChI is InChI=1S/C10H19N3O2/c1-12-9(14)3-2-4-13-10(15)7-5-8(11)6-7/h7-8H,2-6,11H2,1H3,(H,12,14)(H,13,15). The van der Waals surface area contributed by atoms with Crippen molar-refractivity contribution < 1.29 is 9.59 Å². The van der Waals surface area contributed by atoms with Gasteiger partial charge >= 0.3 is 0 Å². The summed E-state index contributed by atoms with van der Waals surface area (Å²) in [7, 11) is 1.61. The summed E-state index contributed by atoms with van der Waals surface area (Å²) < 4.78 is 0. The van der Waals surface area contributed by atoms with Gasteiger partial charge in [0.05, 0.1) is 0 Å². The normalized spacial score (nSPS) is 24.1. The summed E-state index contributed by atoms with van der Waals surface area (Å²) in [6.07, 6.45) is 2.73. The summed E-state index contributed by atoms with van der Waals surface area (Å²) in [5.74, 6) is 0.184. The lowest BCUT2D eigenvalue weighted by Crippen LogP contribution is -2.45. The molecule has 0 atom stereocenters. The van der Waals surface area contributed by atoms with Crippen LogP contribution in [-0.2, 0) is 9.59 Å². The van der Waals surface area contributed by atoms with Crippen LogP contribution in [0.5, 0.6) is 0 Å². The number of amides is 2. The van der Waals surface area contributed by atoms with Crippen LogP contribution in [0.3, 0.4) is 0 Å². The lowest BCUT2D eigenvalue weighted by molar-refractivity contribution is -0.128. The van der Waals surface area contributed by atoms with Crippen molar-refractivity contribution in [2.75, 3.05) is 13.6 Å². The Morgan fingerprint density at radius 2 is 2.07 bits per heavy atom. The summed E-state index contributed by atoms with van der Waals surface area (Å²) >= 11 is 0. The Morgan fingerprint density at radius 1 is 1.40 bits per heavy atom. The third-order valence-electron chi connectivity index (χ3n) is 2.70. The average Bonchev–Trinajstić information content (AvgIpc) is 2.19. The van der Waals surface area contributed by atoms with Crippen molar-refractivity contribution in [3.63, 3.8) is 0 Å². The van der Waals surface area contributed by atoms with Crippen molar-refractivity contribution in [3.8, 4) is 0 Å². The molecule has 0 aromatic carbocycles. The van der Waals surface area contributed by atoms with Gasteiger partial charge in [-0.25, -0.2) is 0 Å². The van der Waals surface area contributed by atoms with Crippen LogP contribution in [0.4, 0.5) is 0 Å². The monoisotopic (exact) mass is 213 g/mol. The highest BCUT2D eigenvalue weighted by molar-refractivity contribution is 5.79. The van der Waals surface area contributed by atoms with Crippen LogP contribution < -0.4 is 16.4 Å². The van der Waals surface area contributed by atoms with E-state index in [1.54, 1.807) is 7.05 Å². The number of carbonyl (C=O) groups excluding carboxylic acids is 2. The SMILES string of the molecule is CNC(=O)CCCNC(=O)C1CC(N)C1. The van der Waals surface area contributed by atoms with Crippen molar-refractivity contribution in [1.82, 2.24) is 10.6 Å². The van der Waals surface area contributed by atoms with E-state index < -0.39 is 0 Å². The second kappa shape index (κ2) is 5.70. The Bertz CT molecular complexity index is 237. The Labute approximate surface area is 89.8 Å². The topological polar surface area (TPSA) is 84.2 Å². The molecule has 1 fully saturated rings. The van der Waals surface area contributed by atoms with Crippen LogP contribution in [0, 0.1) is 5.92 Å². The van der Waals surface area contributed by atoms with E-state index in [0.29, 0.717) is 19.4 Å². The molecule has 0 radical (unpaired) electrons. The van der Waals surface area contributed by atoms with Crippen molar-refractivity contribution in [2.45, 2.75) is 31.7 Å². The first-order valence-electron chi connectivity index (χ1n) is 5.37. The maximum absolute atomic E-state index is 11.4. The van der Waals surface area contributed by atoms with E-state index in [1.807, 2.05) is 0 Å². The maximum Gasteiger partial charge on any atom is 0.223 e. The second-order valence-electron chi connectivity index (χ2n) is 4.00. The van der Waals surface area contributed by atoms with Gasteiger partial charge in [-0.2, -0.15) is 0 Å². The van der Waals surface area contributed by atoms with E-state index in [-0.39, 0.29) is 23.8 Å². The Morgan fingerprint density at radius 3 is 2.60 bits per heavy atom. The number of rotatable bonds is 5. The van der Waals surface area contributed by atoms with Gasteiger partial charge in [-0.1, -0.05) is 0 Å². The van der Waals surface area contributed by atoms with Gasteiger partial charge in [0.25, 0.3) is 0 Å². The first kappa shape index (κ1) is 12.0. The highest BCUT2D eigenvalue weighted by atomic mass is 16.2. The lowest BCUT2D eigenvalue weighted by Gasteiger charge is -2.31. The van der Waals surface area contributed by atoms with Crippen LogP contribution in [0.1, 0.15) is 25.7 Å². The number of nitrogens with two attached hydrogens (primary N) is 1. The van der Waals surface area contributed by atoms with E-state index in [4.69, 9.17) is 5.73 Å². The Hall–Kier alpha value is -1.10. The number of carbonyl (C=O) groups is 2. The maximum atomic E-state index is 11.4.